The monoisotopic (exact) mass is 314 g/mol. The summed E-state index contributed by atoms with van der Waals surface area (Å²) in [4.78, 5) is -0.919. The van der Waals surface area contributed by atoms with Gasteiger partial charge in [-0.3, -0.25) is 0 Å². The van der Waals surface area contributed by atoms with Crippen molar-refractivity contribution in [2.45, 2.75) is 24.8 Å². The first-order valence-corrected chi connectivity index (χ1v) is 7.71. The second-order valence-corrected chi connectivity index (χ2v) is 6.43. The summed E-state index contributed by atoms with van der Waals surface area (Å²) in [6.45, 7) is 3.86. The molecule has 19 heavy (non-hydrogen) atoms. The third kappa shape index (κ3) is 4.59. The van der Waals surface area contributed by atoms with Gasteiger partial charge in [0.2, 0.25) is 5.82 Å². The van der Waals surface area contributed by atoms with Gasteiger partial charge in [0.15, 0.2) is 11.6 Å². The van der Waals surface area contributed by atoms with E-state index in [0.29, 0.717) is 0 Å². The third-order valence-electron chi connectivity index (χ3n) is 2.07. The number of hydrogen-bond acceptors (Lipinski definition) is 4. The Morgan fingerprint density at radius 3 is 2.37 bits per heavy atom. The van der Waals surface area contributed by atoms with Gasteiger partial charge in [0.1, 0.15) is 11.5 Å². The standard InChI is InChI=1S/C11H13ClF2O4S/c1-7(2)17-5-6-18-8-3-4-9(19(12,15)16)11(14)10(8)13/h3-4,7H,5-6H2,1-2H3. The van der Waals surface area contributed by atoms with Crippen molar-refractivity contribution in [2.24, 2.45) is 0 Å². The summed E-state index contributed by atoms with van der Waals surface area (Å²) in [5.41, 5.74) is 0. The second kappa shape index (κ2) is 6.49. The molecule has 0 unspecified atom stereocenters. The highest BCUT2D eigenvalue weighted by Gasteiger charge is 2.22. The van der Waals surface area contributed by atoms with Crippen LogP contribution in [0, 0.1) is 11.6 Å². The number of ether oxygens (including phenoxy) is 2. The van der Waals surface area contributed by atoms with Crippen molar-refractivity contribution in [1.29, 1.82) is 0 Å². The number of benzene rings is 1. The van der Waals surface area contributed by atoms with Crippen molar-refractivity contribution in [3.05, 3.63) is 23.8 Å². The molecule has 108 valence electrons. The lowest BCUT2D eigenvalue weighted by atomic mass is 10.3. The van der Waals surface area contributed by atoms with Crippen LogP contribution in [0.15, 0.2) is 17.0 Å². The van der Waals surface area contributed by atoms with Crippen molar-refractivity contribution in [1.82, 2.24) is 0 Å². The van der Waals surface area contributed by atoms with Crippen LogP contribution in [0.1, 0.15) is 13.8 Å². The lowest BCUT2D eigenvalue weighted by Crippen LogP contribution is -2.12. The van der Waals surface area contributed by atoms with Gasteiger partial charge in [-0.25, -0.2) is 12.8 Å². The molecule has 0 bridgehead atoms. The second-order valence-electron chi connectivity index (χ2n) is 3.90. The van der Waals surface area contributed by atoms with Crippen LogP contribution >= 0.6 is 10.7 Å². The molecule has 0 aromatic heterocycles. The van der Waals surface area contributed by atoms with Gasteiger partial charge >= 0.3 is 0 Å². The quantitative estimate of drug-likeness (QED) is 0.598. The molecule has 0 radical (unpaired) electrons. The SMILES string of the molecule is CC(C)OCCOc1ccc(S(=O)(=O)Cl)c(F)c1F. The molecule has 0 aliphatic carbocycles. The van der Waals surface area contributed by atoms with Crippen LogP contribution in [0.5, 0.6) is 5.75 Å². The van der Waals surface area contributed by atoms with Crippen LogP contribution in [-0.4, -0.2) is 27.7 Å². The molecule has 0 saturated carbocycles. The zero-order valence-electron chi connectivity index (χ0n) is 10.3. The number of halogens is 3. The smallest absolute Gasteiger partial charge is 0.264 e. The zero-order valence-corrected chi connectivity index (χ0v) is 11.9. The third-order valence-corrected chi connectivity index (χ3v) is 3.41. The first kappa shape index (κ1) is 16.1. The predicted molar refractivity (Wildman–Crippen MR) is 66.0 cm³/mol. The van der Waals surface area contributed by atoms with Gasteiger partial charge in [-0.15, -0.1) is 0 Å². The van der Waals surface area contributed by atoms with Crippen LogP contribution in [0.3, 0.4) is 0 Å². The number of hydrogen-bond donors (Lipinski definition) is 0. The van der Waals surface area contributed by atoms with Crippen molar-refractivity contribution in [2.75, 3.05) is 13.2 Å². The minimum atomic E-state index is -4.33. The van der Waals surface area contributed by atoms with E-state index in [1.807, 2.05) is 13.8 Å². The molecule has 0 heterocycles. The molecule has 0 atom stereocenters. The summed E-state index contributed by atoms with van der Waals surface area (Å²) in [6, 6.07) is 1.85. The first-order chi connectivity index (χ1) is 8.73. The zero-order chi connectivity index (χ0) is 14.6. The summed E-state index contributed by atoms with van der Waals surface area (Å²) in [7, 11) is 0.622. The highest BCUT2D eigenvalue weighted by atomic mass is 35.7. The van der Waals surface area contributed by atoms with Crippen LogP contribution in [-0.2, 0) is 13.8 Å². The molecule has 0 aliphatic rings. The normalized spacial score (nSPS) is 11.9. The Morgan fingerprint density at radius 1 is 1.21 bits per heavy atom. The maximum absolute atomic E-state index is 13.5. The van der Waals surface area contributed by atoms with Gasteiger partial charge in [-0.05, 0) is 26.0 Å². The van der Waals surface area contributed by atoms with Gasteiger partial charge < -0.3 is 9.47 Å². The van der Waals surface area contributed by atoms with Crippen molar-refractivity contribution in [3.63, 3.8) is 0 Å². The Kier molecular flexibility index (Phi) is 5.51. The minimum absolute atomic E-state index is 0.00560. The van der Waals surface area contributed by atoms with E-state index >= 15 is 0 Å². The van der Waals surface area contributed by atoms with Crippen LogP contribution in [0.2, 0.25) is 0 Å². The molecular weight excluding hydrogens is 302 g/mol. The topological polar surface area (TPSA) is 52.6 Å². The predicted octanol–water partition coefficient (Wildman–Crippen LogP) is 2.70. The molecule has 4 nitrogen and oxygen atoms in total. The van der Waals surface area contributed by atoms with E-state index in [4.69, 9.17) is 20.2 Å². The Labute approximate surface area is 114 Å². The Hall–Kier alpha value is -0.920. The molecule has 0 saturated heterocycles. The highest BCUT2D eigenvalue weighted by molar-refractivity contribution is 8.13. The van der Waals surface area contributed by atoms with Crippen molar-refractivity contribution >= 4 is 19.7 Å². The molecule has 0 spiro atoms. The fourth-order valence-corrected chi connectivity index (χ4v) is 2.14. The lowest BCUT2D eigenvalue weighted by Gasteiger charge is -2.10. The Morgan fingerprint density at radius 2 is 1.84 bits per heavy atom. The van der Waals surface area contributed by atoms with Gasteiger partial charge in [0.05, 0.1) is 12.7 Å². The average Bonchev–Trinajstić information content (AvgIpc) is 2.27. The van der Waals surface area contributed by atoms with Gasteiger partial charge in [0.25, 0.3) is 9.05 Å². The van der Waals surface area contributed by atoms with Crippen LogP contribution in [0.4, 0.5) is 8.78 Å². The van der Waals surface area contributed by atoms with Crippen LogP contribution < -0.4 is 4.74 Å². The largest absolute Gasteiger partial charge is 0.488 e. The molecule has 8 heteroatoms. The Bertz CT molecular complexity index is 546. The van der Waals surface area contributed by atoms with E-state index in [-0.39, 0.29) is 19.3 Å². The average molecular weight is 315 g/mol. The molecule has 0 N–H and O–H groups in total. The molecule has 0 fully saturated rings. The van der Waals surface area contributed by atoms with E-state index in [1.54, 1.807) is 0 Å². The molecule has 0 aliphatic heterocycles. The summed E-state index contributed by atoms with van der Waals surface area (Å²) in [5, 5.41) is 0. The lowest BCUT2D eigenvalue weighted by molar-refractivity contribution is 0.0542. The fraction of sp³-hybridized carbons (Fsp3) is 0.455. The van der Waals surface area contributed by atoms with Gasteiger partial charge in [0, 0.05) is 10.7 Å². The van der Waals surface area contributed by atoms with E-state index in [1.165, 1.54) is 0 Å². The van der Waals surface area contributed by atoms with E-state index in [9.17, 15) is 17.2 Å². The maximum Gasteiger partial charge on any atom is 0.264 e. The molecule has 1 aromatic carbocycles. The summed E-state index contributed by atoms with van der Waals surface area (Å²) in [5.74, 6) is -3.35. The molecule has 0 amide bonds. The summed E-state index contributed by atoms with van der Waals surface area (Å²) < 4.78 is 59.0. The molecule has 1 rings (SSSR count). The minimum Gasteiger partial charge on any atom is -0.488 e. The van der Waals surface area contributed by atoms with E-state index < -0.39 is 31.3 Å². The van der Waals surface area contributed by atoms with Crippen molar-refractivity contribution in [3.8, 4) is 5.75 Å². The summed E-state index contributed by atoms with van der Waals surface area (Å²) in [6.07, 6.45) is -0.00560. The van der Waals surface area contributed by atoms with E-state index in [2.05, 4.69) is 0 Å². The van der Waals surface area contributed by atoms with Gasteiger partial charge in [-0.1, -0.05) is 0 Å². The van der Waals surface area contributed by atoms with Crippen LogP contribution in [0.25, 0.3) is 0 Å². The van der Waals surface area contributed by atoms with E-state index in [0.717, 1.165) is 12.1 Å². The van der Waals surface area contributed by atoms with Crippen molar-refractivity contribution < 1.29 is 26.7 Å². The maximum atomic E-state index is 13.5. The molecule has 1 aromatic rings. The first-order valence-electron chi connectivity index (χ1n) is 5.40. The Balaban J connectivity index is 2.80. The summed E-state index contributed by atoms with van der Waals surface area (Å²) >= 11 is 0. The highest BCUT2D eigenvalue weighted by Crippen LogP contribution is 2.27. The van der Waals surface area contributed by atoms with Gasteiger partial charge in [-0.2, -0.15) is 4.39 Å². The molecular formula is C11H13ClF2O4S. The number of rotatable bonds is 6. The fourth-order valence-electron chi connectivity index (χ4n) is 1.25.